The van der Waals surface area contributed by atoms with E-state index in [1.54, 1.807) is 29.7 Å². The van der Waals surface area contributed by atoms with Gasteiger partial charge in [0.25, 0.3) is 0 Å². The fourth-order valence-electron chi connectivity index (χ4n) is 1.08. The largest absolute Gasteiger partial charge is 0.480 e. The molecular formula is C9H12N2O3. The van der Waals surface area contributed by atoms with E-state index in [1.165, 1.54) is 0 Å². The van der Waals surface area contributed by atoms with E-state index in [9.17, 15) is 4.79 Å². The van der Waals surface area contributed by atoms with Crippen molar-refractivity contribution in [2.24, 2.45) is 0 Å². The highest BCUT2D eigenvalue weighted by molar-refractivity contribution is 5.73. The molecule has 1 atom stereocenters. The Morgan fingerprint density at radius 1 is 1.43 bits per heavy atom. The van der Waals surface area contributed by atoms with Gasteiger partial charge >= 0.3 is 5.97 Å². The second-order valence-electron chi connectivity index (χ2n) is 2.97. The molecule has 0 spiro atoms. The highest BCUT2D eigenvalue weighted by Crippen LogP contribution is 2.07. The lowest BCUT2D eigenvalue weighted by Crippen LogP contribution is -2.36. The third-order valence-corrected chi connectivity index (χ3v) is 1.87. The van der Waals surface area contributed by atoms with E-state index < -0.39 is 12.0 Å². The normalized spacial score (nSPS) is 12.4. The highest BCUT2D eigenvalue weighted by atomic mass is 16.5. The molecule has 5 heteroatoms. The van der Waals surface area contributed by atoms with Crippen LogP contribution in [0.2, 0.25) is 0 Å². The molecule has 0 bridgehead atoms. The molecule has 14 heavy (non-hydrogen) atoms. The molecule has 0 aliphatic carbocycles. The quantitative estimate of drug-likeness (QED) is 0.409. The molecule has 0 aliphatic heterocycles. The summed E-state index contributed by atoms with van der Waals surface area (Å²) in [5.41, 5.74) is 8.62. The number of hydroxylamine groups is 1. The SMILES string of the molecule is Nc1ccc(CC(NO)C(=O)O)cc1. The maximum absolute atomic E-state index is 10.6. The standard InChI is InChI=1S/C9H12N2O3/c10-7-3-1-6(2-4-7)5-8(11-14)9(12)13/h1-4,8,11,14H,5,10H2,(H,12,13). The molecule has 0 saturated heterocycles. The minimum atomic E-state index is -1.09. The monoisotopic (exact) mass is 196 g/mol. The molecule has 0 amide bonds. The van der Waals surface area contributed by atoms with Crippen molar-refractivity contribution in [2.45, 2.75) is 12.5 Å². The van der Waals surface area contributed by atoms with Crippen LogP contribution in [0.4, 0.5) is 5.69 Å². The molecule has 76 valence electrons. The number of carboxylic acid groups (broad SMARTS) is 1. The fourth-order valence-corrected chi connectivity index (χ4v) is 1.08. The maximum atomic E-state index is 10.6. The predicted molar refractivity (Wildman–Crippen MR) is 50.9 cm³/mol. The number of carboxylic acids is 1. The number of hydrogen-bond acceptors (Lipinski definition) is 4. The van der Waals surface area contributed by atoms with Crippen molar-refractivity contribution in [1.82, 2.24) is 5.48 Å². The van der Waals surface area contributed by atoms with Crippen LogP contribution in [-0.4, -0.2) is 22.3 Å². The lowest BCUT2D eigenvalue weighted by Gasteiger charge is -2.09. The van der Waals surface area contributed by atoms with Gasteiger partial charge in [0, 0.05) is 12.1 Å². The van der Waals surface area contributed by atoms with Crippen molar-refractivity contribution >= 4 is 11.7 Å². The molecule has 0 fully saturated rings. The van der Waals surface area contributed by atoms with Gasteiger partial charge in [-0.1, -0.05) is 12.1 Å². The Bertz CT molecular complexity index is 310. The average molecular weight is 196 g/mol. The van der Waals surface area contributed by atoms with Gasteiger partial charge in [-0.15, -0.1) is 0 Å². The Labute approximate surface area is 81.1 Å². The summed E-state index contributed by atoms with van der Waals surface area (Å²) in [4.78, 5) is 10.6. The van der Waals surface area contributed by atoms with Crippen LogP contribution in [0.5, 0.6) is 0 Å². The molecule has 0 aliphatic rings. The summed E-state index contributed by atoms with van der Waals surface area (Å²) in [6.45, 7) is 0. The zero-order valence-corrected chi connectivity index (χ0v) is 7.47. The smallest absolute Gasteiger partial charge is 0.323 e. The Morgan fingerprint density at radius 3 is 2.43 bits per heavy atom. The number of benzene rings is 1. The van der Waals surface area contributed by atoms with Crippen LogP contribution in [0.25, 0.3) is 0 Å². The van der Waals surface area contributed by atoms with Crippen LogP contribution in [0.15, 0.2) is 24.3 Å². The number of carbonyl (C=O) groups is 1. The van der Waals surface area contributed by atoms with Crippen molar-refractivity contribution in [1.29, 1.82) is 0 Å². The lowest BCUT2D eigenvalue weighted by atomic mass is 10.1. The maximum Gasteiger partial charge on any atom is 0.323 e. The summed E-state index contributed by atoms with van der Waals surface area (Å²) >= 11 is 0. The second-order valence-corrected chi connectivity index (χ2v) is 2.97. The van der Waals surface area contributed by atoms with E-state index >= 15 is 0 Å². The first-order valence-electron chi connectivity index (χ1n) is 4.10. The van der Waals surface area contributed by atoms with Crippen LogP contribution in [-0.2, 0) is 11.2 Å². The summed E-state index contributed by atoms with van der Waals surface area (Å²) in [7, 11) is 0. The average Bonchev–Trinajstić information content (AvgIpc) is 2.16. The predicted octanol–water partition coefficient (Wildman–Crippen LogP) is 0.243. The van der Waals surface area contributed by atoms with E-state index in [-0.39, 0.29) is 6.42 Å². The molecule has 5 N–H and O–H groups in total. The topological polar surface area (TPSA) is 95.6 Å². The Balaban J connectivity index is 2.67. The third-order valence-electron chi connectivity index (χ3n) is 1.87. The zero-order chi connectivity index (χ0) is 10.6. The van der Waals surface area contributed by atoms with Crippen molar-refractivity contribution < 1.29 is 15.1 Å². The summed E-state index contributed by atoms with van der Waals surface area (Å²) in [5.74, 6) is -1.09. The van der Waals surface area contributed by atoms with E-state index in [0.29, 0.717) is 5.69 Å². The molecule has 0 saturated carbocycles. The summed E-state index contributed by atoms with van der Waals surface area (Å²) < 4.78 is 0. The molecule has 1 rings (SSSR count). The molecule has 0 radical (unpaired) electrons. The zero-order valence-electron chi connectivity index (χ0n) is 7.47. The minimum Gasteiger partial charge on any atom is -0.480 e. The molecule has 0 heterocycles. The molecule has 1 unspecified atom stereocenters. The van der Waals surface area contributed by atoms with Gasteiger partial charge in [0.05, 0.1) is 0 Å². The van der Waals surface area contributed by atoms with Gasteiger partial charge in [0.1, 0.15) is 6.04 Å². The van der Waals surface area contributed by atoms with Crippen LogP contribution in [0.3, 0.4) is 0 Å². The van der Waals surface area contributed by atoms with Crippen molar-refractivity contribution in [2.75, 3.05) is 5.73 Å². The number of anilines is 1. The van der Waals surface area contributed by atoms with Gasteiger partial charge in [0.15, 0.2) is 0 Å². The van der Waals surface area contributed by atoms with Crippen LogP contribution < -0.4 is 11.2 Å². The molecular weight excluding hydrogens is 184 g/mol. The summed E-state index contributed by atoms with van der Waals surface area (Å²) in [6, 6.07) is 5.83. The minimum absolute atomic E-state index is 0.214. The number of aliphatic carboxylic acids is 1. The van der Waals surface area contributed by atoms with Crippen molar-refractivity contribution in [3.05, 3.63) is 29.8 Å². The van der Waals surface area contributed by atoms with E-state index in [1.807, 2.05) is 0 Å². The van der Waals surface area contributed by atoms with Crippen LogP contribution in [0, 0.1) is 0 Å². The fraction of sp³-hybridized carbons (Fsp3) is 0.222. The number of nitrogen functional groups attached to an aromatic ring is 1. The lowest BCUT2D eigenvalue weighted by molar-refractivity contribution is -0.142. The van der Waals surface area contributed by atoms with Crippen LogP contribution in [0.1, 0.15) is 5.56 Å². The van der Waals surface area contributed by atoms with E-state index in [4.69, 9.17) is 16.0 Å². The first kappa shape index (κ1) is 10.5. The van der Waals surface area contributed by atoms with E-state index in [0.717, 1.165) is 5.56 Å². The van der Waals surface area contributed by atoms with Gasteiger partial charge in [-0.2, -0.15) is 5.48 Å². The molecule has 1 aromatic carbocycles. The number of nitrogens with two attached hydrogens (primary N) is 1. The second kappa shape index (κ2) is 4.59. The molecule has 5 nitrogen and oxygen atoms in total. The van der Waals surface area contributed by atoms with E-state index in [2.05, 4.69) is 0 Å². The van der Waals surface area contributed by atoms with Gasteiger partial charge in [0.2, 0.25) is 0 Å². The van der Waals surface area contributed by atoms with Gasteiger partial charge in [-0.25, -0.2) is 0 Å². The molecule has 1 aromatic rings. The first-order valence-corrected chi connectivity index (χ1v) is 4.10. The Morgan fingerprint density at radius 2 is 2.00 bits per heavy atom. The Kier molecular flexibility index (Phi) is 3.44. The third kappa shape index (κ3) is 2.72. The van der Waals surface area contributed by atoms with Gasteiger partial charge in [-0.05, 0) is 17.7 Å². The van der Waals surface area contributed by atoms with Gasteiger partial charge in [-0.3, -0.25) is 4.79 Å². The van der Waals surface area contributed by atoms with Crippen molar-refractivity contribution in [3.8, 4) is 0 Å². The van der Waals surface area contributed by atoms with Crippen molar-refractivity contribution in [3.63, 3.8) is 0 Å². The Hall–Kier alpha value is -1.59. The number of nitrogens with one attached hydrogen (secondary N) is 1. The van der Waals surface area contributed by atoms with Gasteiger partial charge < -0.3 is 16.0 Å². The number of hydrogen-bond donors (Lipinski definition) is 4. The summed E-state index contributed by atoms with van der Waals surface area (Å²) in [6.07, 6.45) is 0.214. The molecule has 0 aromatic heterocycles. The summed E-state index contributed by atoms with van der Waals surface area (Å²) in [5, 5.41) is 17.2. The first-order chi connectivity index (χ1) is 6.63. The number of rotatable bonds is 4. The van der Waals surface area contributed by atoms with Crippen LogP contribution >= 0.6 is 0 Å². The highest BCUT2D eigenvalue weighted by Gasteiger charge is 2.15.